The van der Waals surface area contributed by atoms with Crippen molar-refractivity contribution in [2.45, 2.75) is 56.2 Å². The van der Waals surface area contributed by atoms with Gasteiger partial charge in [-0.15, -0.1) is 0 Å². The second-order valence-corrected chi connectivity index (χ2v) is 7.27. The van der Waals surface area contributed by atoms with Gasteiger partial charge in [0.05, 0.1) is 5.92 Å². The molecule has 2 N–H and O–H groups in total. The van der Waals surface area contributed by atoms with E-state index < -0.39 is 5.97 Å². The molecule has 21 heavy (non-hydrogen) atoms. The van der Waals surface area contributed by atoms with Crippen molar-refractivity contribution in [1.82, 2.24) is 10.2 Å². The number of hydrogen-bond donors (Lipinski definition) is 2. The maximum atomic E-state index is 12.4. The first kappa shape index (κ1) is 16.5. The summed E-state index contributed by atoms with van der Waals surface area (Å²) in [5.74, 6) is -0.924. The molecule has 120 valence electrons. The highest BCUT2D eigenvalue weighted by Gasteiger charge is 2.28. The first-order valence-electron chi connectivity index (χ1n) is 7.91. The van der Waals surface area contributed by atoms with E-state index in [2.05, 4.69) is 11.6 Å². The number of likely N-dealkylation sites (tertiary alicyclic amines) is 1. The fourth-order valence-electron chi connectivity index (χ4n) is 3.23. The van der Waals surface area contributed by atoms with Gasteiger partial charge in [-0.3, -0.25) is 4.79 Å². The van der Waals surface area contributed by atoms with Gasteiger partial charge >= 0.3 is 12.0 Å². The molecule has 0 spiro atoms. The second kappa shape index (κ2) is 7.92. The monoisotopic (exact) mass is 314 g/mol. The van der Waals surface area contributed by atoms with Gasteiger partial charge in [-0.2, -0.15) is 11.8 Å². The summed E-state index contributed by atoms with van der Waals surface area (Å²) in [6.45, 7) is 1.67. The number of aliphatic carboxylic acids is 1. The van der Waals surface area contributed by atoms with Gasteiger partial charge in [0, 0.05) is 24.4 Å². The minimum Gasteiger partial charge on any atom is -0.481 e. The van der Waals surface area contributed by atoms with Crippen LogP contribution in [0.4, 0.5) is 4.79 Å². The molecule has 2 fully saturated rings. The van der Waals surface area contributed by atoms with Crippen LogP contribution in [0.25, 0.3) is 0 Å². The first-order chi connectivity index (χ1) is 10.1. The Bertz CT molecular complexity index is 370. The summed E-state index contributed by atoms with van der Waals surface area (Å²) in [4.78, 5) is 25.3. The van der Waals surface area contributed by atoms with Crippen molar-refractivity contribution in [3.8, 4) is 0 Å². The van der Waals surface area contributed by atoms with E-state index in [1.807, 2.05) is 16.7 Å². The quantitative estimate of drug-likeness (QED) is 0.840. The van der Waals surface area contributed by atoms with E-state index in [0.29, 0.717) is 18.1 Å². The van der Waals surface area contributed by atoms with Crippen LogP contribution < -0.4 is 5.32 Å². The van der Waals surface area contributed by atoms with Gasteiger partial charge in [0.2, 0.25) is 0 Å². The zero-order valence-corrected chi connectivity index (χ0v) is 13.5. The van der Waals surface area contributed by atoms with Crippen LogP contribution in [0, 0.1) is 5.92 Å². The van der Waals surface area contributed by atoms with Crippen LogP contribution in [-0.4, -0.2) is 52.6 Å². The Morgan fingerprint density at radius 3 is 2.48 bits per heavy atom. The van der Waals surface area contributed by atoms with Crippen molar-refractivity contribution in [3.63, 3.8) is 0 Å². The van der Waals surface area contributed by atoms with E-state index >= 15 is 0 Å². The number of hydrogen-bond acceptors (Lipinski definition) is 3. The Hall–Kier alpha value is -0.910. The molecule has 1 unspecified atom stereocenters. The molecule has 2 amide bonds. The Labute approximate surface area is 130 Å². The molecule has 1 heterocycles. The van der Waals surface area contributed by atoms with Crippen LogP contribution in [0.2, 0.25) is 0 Å². The second-order valence-electron chi connectivity index (χ2n) is 6.14. The van der Waals surface area contributed by atoms with Crippen LogP contribution in [0.1, 0.15) is 44.9 Å². The number of nitrogens with zero attached hydrogens (tertiary/aromatic N) is 1. The molecule has 0 aromatic heterocycles. The molecule has 2 aliphatic rings. The van der Waals surface area contributed by atoms with E-state index in [4.69, 9.17) is 5.11 Å². The van der Waals surface area contributed by atoms with Gasteiger partial charge in [-0.1, -0.05) is 6.42 Å². The van der Waals surface area contributed by atoms with Crippen molar-refractivity contribution in [2.75, 3.05) is 19.3 Å². The molecule has 6 heteroatoms. The van der Waals surface area contributed by atoms with Gasteiger partial charge < -0.3 is 15.3 Å². The Morgan fingerprint density at radius 1 is 1.14 bits per heavy atom. The lowest BCUT2D eigenvalue weighted by Gasteiger charge is -2.30. The minimum atomic E-state index is -0.699. The maximum Gasteiger partial charge on any atom is 0.317 e. The van der Waals surface area contributed by atoms with Crippen molar-refractivity contribution in [2.24, 2.45) is 5.92 Å². The molecular weight excluding hydrogens is 288 g/mol. The summed E-state index contributed by atoms with van der Waals surface area (Å²) in [7, 11) is 0. The molecule has 2 rings (SSSR count). The van der Waals surface area contributed by atoms with Crippen LogP contribution in [0.15, 0.2) is 0 Å². The highest BCUT2D eigenvalue weighted by atomic mass is 32.2. The van der Waals surface area contributed by atoms with E-state index in [-0.39, 0.29) is 18.0 Å². The molecule has 1 aliphatic heterocycles. The zero-order valence-electron chi connectivity index (χ0n) is 12.7. The molecule has 0 aromatic rings. The number of rotatable bonds is 3. The largest absolute Gasteiger partial charge is 0.481 e. The number of thioether (sulfide) groups is 1. The molecule has 5 nitrogen and oxygen atoms in total. The van der Waals surface area contributed by atoms with E-state index in [1.165, 1.54) is 12.8 Å². The molecule has 0 bridgehead atoms. The van der Waals surface area contributed by atoms with Crippen LogP contribution >= 0.6 is 11.8 Å². The highest BCUT2D eigenvalue weighted by molar-refractivity contribution is 7.99. The molecule has 0 radical (unpaired) electrons. The Kier molecular flexibility index (Phi) is 6.21. The summed E-state index contributed by atoms with van der Waals surface area (Å²) < 4.78 is 0. The number of carboxylic acids is 1. The molecular formula is C15H26N2O3S. The SMILES string of the molecule is CSC1CCCCN(C(=O)NC2CCC(C(=O)O)CC2)C1. The van der Waals surface area contributed by atoms with Crippen molar-refractivity contribution in [3.05, 3.63) is 0 Å². The predicted molar refractivity (Wildman–Crippen MR) is 84.6 cm³/mol. The summed E-state index contributed by atoms with van der Waals surface area (Å²) in [6, 6.07) is 0.179. The average molecular weight is 314 g/mol. The van der Waals surface area contributed by atoms with E-state index in [0.717, 1.165) is 32.4 Å². The fraction of sp³-hybridized carbons (Fsp3) is 0.867. The molecule has 1 atom stereocenters. The Balaban J connectivity index is 1.80. The number of carbonyl (C=O) groups is 2. The minimum absolute atomic E-state index is 0.0368. The lowest BCUT2D eigenvalue weighted by atomic mass is 9.86. The number of carbonyl (C=O) groups excluding carboxylic acids is 1. The Morgan fingerprint density at radius 2 is 1.86 bits per heavy atom. The number of carboxylic acid groups (broad SMARTS) is 1. The number of amides is 2. The first-order valence-corrected chi connectivity index (χ1v) is 9.20. The van der Waals surface area contributed by atoms with E-state index in [9.17, 15) is 9.59 Å². The van der Waals surface area contributed by atoms with Crippen LogP contribution in [0.3, 0.4) is 0 Å². The summed E-state index contributed by atoms with van der Waals surface area (Å²) >= 11 is 1.84. The van der Waals surface area contributed by atoms with Crippen molar-refractivity contribution >= 4 is 23.8 Å². The number of urea groups is 1. The van der Waals surface area contributed by atoms with Crippen molar-refractivity contribution < 1.29 is 14.7 Å². The van der Waals surface area contributed by atoms with Crippen molar-refractivity contribution in [1.29, 1.82) is 0 Å². The van der Waals surface area contributed by atoms with Gasteiger partial charge in [-0.05, 0) is 44.8 Å². The van der Waals surface area contributed by atoms with Crippen LogP contribution in [0.5, 0.6) is 0 Å². The van der Waals surface area contributed by atoms with Gasteiger partial charge in [0.15, 0.2) is 0 Å². The fourth-order valence-corrected chi connectivity index (χ4v) is 3.96. The van der Waals surface area contributed by atoms with E-state index in [1.54, 1.807) is 0 Å². The predicted octanol–water partition coefficient (Wildman–Crippen LogP) is 2.56. The van der Waals surface area contributed by atoms with Gasteiger partial charge in [-0.25, -0.2) is 4.79 Å². The standard InChI is InChI=1S/C15H26N2O3S/c1-21-13-4-2-3-9-17(10-13)15(20)16-12-7-5-11(6-8-12)14(18)19/h11-13H,2-10H2,1H3,(H,16,20)(H,18,19). The zero-order chi connectivity index (χ0) is 15.2. The average Bonchev–Trinajstić information content (AvgIpc) is 2.73. The third kappa shape index (κ3) is 4.80. The van der Waals surface area contributed by atoms with Gasteiger partial charge in [0.1, 0.15) is 0 Å². The summed E-state index contributed by atoms with van der Waals surface area (Å²) in [5, 5.41) is 12.6. The summed E-state index contributed by atoms with van der Waals surface area (Å²) in [6.07, 6.45) is 8.48. The molecule has 1 aliphatic carbocycles. The van der Waals surface area contributed by atoms with Crippen LogP contribution in [-0.2, 0) is 4.79 Å². The third-order valence-corrected chi connectivity index (χ3v) is 5.70. The molecule has 1 saturated carbocycles. The summed E-state index contributed by atoms with van der Waals surface area (Å²) in [5.41, 5.74) is 0. The molecule has 1 saturated heterocycles. The lowest BCUT2D eigenvalue weighted by Crippen LogP contribution is -2.47. The smallest absolute Gasteiger partial charge is 0.317 e. The topological polar surface area (TPSA) is 69.6 Å². The lowest BCUT2D eigenvalue weighted by molar-refractivity contribution is -0.142. The third-order valence-electron chi connectivity index (χ3n) is 4.65. The highest BCUT2D eigenvalue weighted by Crippen LogP contribution is 2.25. The maximum absolute atomic E-state index is 12.4. The number of nitrogens with one attached hydrogen (secondary N) is 1. The van der Waals surface area contributed by atoms with Gasteiger partial charge in [0.25, 0.3) is 0 Å². The molecule has 0 aromatic carbocycles. The normalized spacial score (nSPS) is 30.5.